The van der Waals surface area contributed by atoms with Crippen LogP contribution in [-0.2, 0) is 9.59 Å². The number of hydrogen-bond donors (Lipinski definition) is 2. The maximum Gasteiger partial charge on any atom is 0.251 e. The minimum atomic E-state index is -0.469. The Hall–Kier alpha value is -3.74. The molecule has 2 N–H and O–H groups in total. The van der Waals surface area contributed by atoms with E-state index in [-0.39, 0.29) is 19.0 Å². The van der Waals surface area contributed by atoms with E-state index in [1.807, 2.05) is 30.3 Å². The Labute approximate surface area is 167 Å². The van der Waals surface area contributed by atoms with Crippen molar-refractivity contribution in [2.45, 2.75) is 0 Å². The summed E-state index contributed by atoms with van der Waals surface area (Å²) in [6.07, 6.45) is 0. The van der Waals surface area contributed by atoms with Crippen LogP contribution in [0.4, 0.5) is 10.1 Å². The fourth-order valence-electron chi connectivity index (χ4n) is 2.79. The average Bonchev–Trinajstić information content (AvgIpc) is 2.71. The Morgan fingerprint density at radius 3 is 2.45 bits per heavy atom. The molecule has 3 amide bonds. The molecule has 29 heavy (non-hydrogen) atoms. The largest absolute Gasteiger partial charge is 0.343 e. The zero-order valence-electron chi connectivity index (χ0n) is 15.8. The lowest BCUT2D eigenvalue weighted by Crippen LogP contribution is -2.41. The second kappa shape index (κ2) is 8.97. The highest BCUT2D eigenvalue weighted by molar-refractivity contribution is 6.00. The molecular weight excluding hydrogens is 373 g/mol. The van der Waals surface area contributed by atoms with E-state index in [9.17, 15) is 18.8 Å². The summed E-state index contributed by atoms with van der Waals surface area (Å²) in [5, 5.41) is 7.03. The molecule has 0 spiro atoms. The molecule has 0 aliphatic carbocycles. The molecule has 0 aromatic heterocycles. The number of benzene rings is 3. The van der Waals surface area contributed by atoms with Crippen molar-refractivity contribution in [2.75, 3.05) is 25.5 Å². The summed E-state index contributed by atoms with van der Waals surface area (Å²) in [6.45, 7) is -0.462. The van der Waals surface area contributed by atoms with Crippen LogP contribution in [0.3, 0.4) is 0 Å². The number of hydrogen-bond acceptors (Lipinski definition) is 3. The zero-order valence-corrected chi connectivity index (χ0v) is 15.8. The average molecular weight is 393 g/mol. The number of amides is 3. The number of carbonyl (C=O) groups is 3. The monoisotopic (exact) mass is 393 g/mol. The minimum absolute atomic E-state index is 0.221. The van der Waals surface area contributed by atoms with E-state index in [0.717, 1.165) is 10.8 Å². The van der Waals surface area contributed by atoms with Crippen molar-refractivity contribution in [3.63, 3.8) is 0 Å². The number of carbonyl (C=O) groups excluding carboxylic acids is 3. The van der Waals surface area contributed by atoms with Crippen LogP contribution >= 0.6 is 0 Å². The third kappa shape index (κ3) is 5.38. The molecule has 0 heterocycles. The summed E-state index contributed by atoms with van der Waals surface area (Å²) in [5.74, 6) is -1.73. The fourth-order valence-corrected chi connectivity index (χ4v) is 2.79. The Balaban J connectivity index is 1.51. The molecule has 6 nitrogen and oxygen atoms in total. The summed E-state index contributed by atoms with van der Waals surface area (Å²) in [5.41, 5.74) is 0.753. The topological polar surface area (TPSA) is 78.5 Å². The van der Waals surface area contributed by atoms with Crippen molar-refractivity contribution in [3.05, 3.63) is 78.1 Å². The zero-order chi connectivity index (χ0) is 20.8. The molecule has 0 unspecified atom stereocenters. The van der Waals surface area contributed by atoms with Gasteiger partial charge in [0.15, 0.2) is 0 Å². The number of rotatable bonds is 6. The Morgan fingerprint density at radius 2 is 1.69 bits per heavy atom. The predicted molar refractivity (Wildman–Crippen MR) is 109 cm³/mol. The van der Waals surface area contributed by atoms with Crippen LogP contribution in [0.5, 0.6) is 0 Å². The van der Waals surface area contributed by atoms with Gasteiger partial charge in [-0.3, -0.25) is 14.4 Å². The second-order valence-corrected chi connectivity index (χ2v) is 6.55. The summed E-state index contributed by atoms with van der Waals surface area (Å²) in [4.78, 5) is 37.7. The van der Waals surface area contributed by atoms with E-state index in [4.69, 9.17) is 0 Å². The van der Waals surface area contributed by atoms with E-state index in [1.165, 1.54) is 30.1 Å². The highest BCUT2D eigenvalue weighted by Crippen LogP contribution is 2.15. The number of nitrogens with zero attached hydrogens (tertiary/aromatic N) is 1. The third-order valence-electron chi connectivity index (χ3n) is 4.33. The highest BCUT2D eigenvalue weighted by atomic mass is 19.1. The second-order valence-electron chi connectivity index (χ2n) is 6.55. The SMILES string of the molecule is CN(CC(=O)Nc1cccc(F)c1)C(=O)CNC(=O)c1ccc2ccccc2c1. The van der Waals surface area contributed by atoms with Gasteiger partial charge < -0.3 is 15.5 Å². The molecule has 0 saturated carbocycles. The van der Waals surface area contributed by atoms with E-state index in [2.05, 4.69) is 10.6 Å². The Kier molecular flexibility index (Phi) is 6.19. The van der Waals surface area contributed by atoms with Crippen molar-refractivity contribution >= 4 is 34.2 Å². The van der Waals surface area contributed by atoms with Gasteiger partial charge in [-0.25, -0.2) is 4.39 Å². The molecule has 3 aromatic rings. The molecule has 0 atom stereocenters. The van der Waals surface area contributed by atoms with Gasteiger partial charge in [-0.1, -0.05) is 36.4 Å². The van der Waals surface area contributed by atoms with Gasteiger partial charge >= 0.3 is 0 Å². The quantitative estimate of drug-likeness (QED) is 0.676. The highest BCUT2D eigenvalue weighted by Gasteiger charge is 2.15. The first-order chi connectivity index (χ1) is 13.9. The lowest BCUT2D eigenvalue weighted by molar-refractivity contribution is -0.132. The standard InChI is InChI=1S/C22H20FN3O3/c1-26(14-20(27)25-19-8-4-7-18(23)12-19)21(28)13-24-22(29)17-10-9-15-5-2-3-6-16(15)11-17/h2-12H,13-14H2,1H3,(H,24,29)(H,25,27). The van der Waals surface area contributed by atoms with Crippen molar-refractivity contribution in [3.8, 4) is 0 Å². The lowest BCUT2D eigenvalue weighted by atomic mass is 10.1. The molecule has 3 aromatic carbocycles. The molecule has 0 fully saturated rings. The molecule has 148 valence electrons. The number of halogens is 1. The van der Waals surface area contributed by atoms with Crippen molar-refractivity contribution < 1.29 is 18.8 Å². The van der Waals surface area contributed by atoms with Crippen LogP contribution in [0.1, 0.15) is 10.4 Å². The van der Waals surface area contributed by atoms with Crippen molar-refractivity contribution in [2.24, 2.45) is 0 Å². The number of fused-ring (bicyclic) bond motifs is 1. The first kappa shape index (κ1) is 20.0. The molecule has 0 radical (unpaired) electrons. The maximum absolute atomic E-state index is 13.2. The van der Waals surface area contributed by atoms with Gasteiger partial charge in [0.2, 0.25) is 11.8 Å². The van der Waals surface area contributed by atoms with Crippen molar-refractivity contribution in [1.82, 2.24) is 10.2 Å². The Bertz CT molecular complexity index is 1070. The number of anilines is 1. The fraction of sp³-hybridized carbons (Fsp3) is 0.136. The summed E-state index contributed by atoms with van der Waals surface area (Å²) < 4.78 is 13.2. The summed E-state index contributed by atoms with van der Waals surface area (Å²) >= 11 is 0. The summed E-state index contributed by atoms with van der Waals surface area (Å²) in [7, 11) is 1.45. The van der Waals surface area contributed by atoms with Gasteiger partial charge in [0.25, 0.3) is 5.91 Å². The predicted octanol–water partition coefficient (Wildman–Crippen LogP) is 2.81. The van der Waals surface area contributed by atoms with Crippen LogP contribution in [0.2, 0.25) is 0 Å². The van der Waals surface area contributed by atoms with Gasteiger partial charge in [-0.05, 0) is 41.1 Å². The van der Waals surface area contributed by atoms with E-state index >= 15 is 0 Å². The van der Waals surface area contributed by atoms with Gasteiger partial charge in [-0.2, -0.15) is 0 Å². The molecule has 0 saturated heterocycles. The molecule has 0 aliphatic rings. The molecule has 0 bridgehead atoms. The van der Waals surface area contributed by atoms with E-state index < -0.39 is 17.6 Å². The van der Waals surface area contributed by atoms with Crippen LogP contribution < -0.4 is 10.6 Å². The van der Waals surface area contributed by atoms with Gasteiger partial charge in [0.05, 0.1) is 13.1 Å². The minimum Gasteiger partial charge on any atom is -0.343 e. The lowest BCUT2D eigenvalue weighted by Gasteiger charge is -2.17. The normalized spacial score (nSPS) is 10.4. The van der Waals surface area contributed by atoms with Gasteiger partial charge in [-0.15, -0.1) is 0 Å². The third-order valence-corrected chi connectivity index (χ3v) is 4.33. The van der Waals surface area contributed by atoms with Crippen LogP contribution in [0, 0.1) is 5.82 Å². The van der Waals surface area contributed by atoms with Gasteiger partial charge in [0, 0.05) is 18.3 Å². The molecule has 3 rings (SSSR count). The molecule has 0 aliphatic heterocycles. The van der Waals surface area contributed by atoms with Crippen LogP contribution in [-0.4, -0.2) is 42.8 Å². The summed E-state index contributed by atoms with van der Waals surface area (Å²) in [6, 6.07) is 18.4. The van der Waals surface area contributed by atoms with Gasteiger partial charge in [0.1, 0.15) is 5.82 Å². The number of likely N-dealkylation sites (N-methyl/N-ethyl adjacent to an activating group) is 1. The van der Waals surface area contributed by atoms with E-state index in [0.29, 0.717) is 11.3 Å². The van der Waals surface area contributed by atoms with Crippen LogP contribution in [0.25, 0.3) is 10.8 Å². The Morgan fingerprint density at radius 1 is 0.931 bits per heavy atom. The first-order valence-electron chi connectivity index (χ1n) is 8.99. The van der Waals surface area contributed by atoms with Crippen LogP contribution in [0.15, 0.2) is 66.7 Å². The molecular formula is C22H20FN3O3. The molecule has 7 heteroatoms. The smallest absolute Gasteiger partial charge is 0.251 e. The number of nitrogens with one attached hydrogen (secondary N) is 2. The van der Waals surface area contributed by atoms with Crippen molar-refractivity contribution in [1.29, 1.82) is 0 Å². The first-order valence-corrected chi connectivity index (χ1v) is 8.99. The maximum atomic E-state index is 13.2. The van der Waals surface area contributed by atoms with E-state index in [1.54, 1.807) is 18.2 Å².